The molecule has 0 saturated heterocycles. The highest BCUT2D eigenvalue weighted by Gasteiger charge is 2.27. The third kappa shape index (κ3) is 4.86. The molecule has 0 aliphatic rings. The van der Waals surface area contributed by atoms with Crippen LogP contribution in [0.1, 0.15) is 17.2 Å². The van der Waals surface area contributed by atoms with Crippen LogP contribution in [0.3, 0.4) is 0 Å². The van der Waals surface area contributed by atoms with Crippen molar-refractivity contribution in [1.29, 1.82) is 0 Å². The molecule has 0 saturated carbocycles. The van der Waals surface area contributed by atoms with Crippen LogP contribution in [0.25, 0.3) is 0 Å². The number of ether oxygens (including phenoxy) is 1. The average molecular weight is 416 g/mol. The lowest BCUT2D eigenvalue weighted by atomic mass is 10.1. The maximum atomic E-state index is 13.9. The van der Waals surface area contributed by atoms with E-state index in [-0.39, 0.29) is 5.56 Å². The van der Waals surface area contributed by atoms with Crippen LogP contribution in [0.2, 0.25) is 0 Å². The monoisotopic (exact) mass is 415 g/mol. The summed E-state index contributed by atoms with van der Waals surface area (Å²) >= 11 is 3.11. The number of nitrogens with one attached hydrogen (secondary N) is 1. The standard InChI is InChI=1S/C16H15BrFNO4S/c1-23-16(20)15(11-5-3-2-4-6-11)19-24(21,22)10-12-7-8-13(17)9-14(12)18/h2-9,15,19H,10H2,1H3. The zero-order chi connectivity index (χ0) is 17.7. The van der Waals surface area contributed by atoms with Gasteiger partial charge in [-0.05, 0) is 17.7 Å². The second-order valence-corrected chi connectivity index (χ2v) is 7.65. The second-order valence-electron chi connectivity index (χ2n) is 4.98. The predicted octanol–water partition coefficient (Wildman–Crippen LogP) is 2.92. The Kier molecular flexibility index (Phi) is 6.09. The molecule has 0 aromatic heterocycles. The van der Waals surface area contributed by atoms with Crippen LogP contribution < -0.4 is 4.72 Å². The molecule has 1 atom stereocenters. The van der Waals surface area contributed by atoms with Gasteiger partial charge in [-0.2, -0.15) is 4.72 Å². The molecule has 128 valence electrons. The predicted molar refractivity (Wildman–Crippen MR) is 91.1 cm³/mol. The molecule has 1 N–H and O–H groups in total. The van der Waals surface area contributed by atoms with Crippen LogP contribution >= 0.6 is 15.9 Å². The Balaban J connectivity index is 2.25. The topological polar surface area (TPSA) is 72.5 Å². The smallest absolute Gasteiger partial charge is 0.328 e. The molecule has 2 aromatic rings. The van der Waals surface area contributed by atoms with Crippen molar-refractivity contribution in [2.24, 2.45) is 0 Å². The third-order valence-electron chi connectivity index (χ3n) is 3.23. The Morgan fingerprint density at radius 1 is 1.25 bits per heavy atom. The molecule has 0 aliphatic carbocycles. The summed E-state index contributed by atoms with van der Waals surface area (Å²) in [5.74, 6) is -1.99. The van der Waals surface area contributed by atoms with E-state index in [0.717, 1.165) is 0 Å². The third-order valence-corrected chi connectivity index (χ3v) is 5.01. The summed E-state index contributed by atoms with van der Waals surface area (Å²) in [4.78, 5) is 11.9. The molecule has 0 fully saturated rings. The zero-order valence-electron chi connectivity index (χ0n) is 12.7. The van der Waals surface area contributed by atoms with Gasteiger partial charge in [0.15, 0.2) is 0 Å². The van der Waals surface area contributed by atoms with Gasteiger partial charge in [-0.3, -0.25) is 0 Å². The number of benzene rings is 2. The first kappa shape index (κ1) is 18.6. The number of hydrogen-bond donors (Lipinski definition) is 1. The highest BCUT2D eigenvalue weighted by atomic mass is 79.9. The summed E-state index contributed by atoms with van der Waals surface area (Å²) in [6, 6.07) is 11.2. The van der Waals surface area contributed by atoms with Crippen LogP contribution in [0, 0.1) is 5.82 Å². The zero-order valence-corrected chi connectivity index (χ0v) is 15.1. The molecule has 24 heavy (non-hydrogen) atoms. The van der Waals surface area contributed by atoms with Gasteiger partial charge in [-0.15, -0.1) is 0 Å². The molecule has 0 amide bonds. The summed E-state index contributed by atoms with van der Waals surface area (Å²) in [5, 5.41) is 0. The molecule has 0 aliphatic heterocycles. The van der Waals surface area contributed by atoms with Crippen molar-refractivity contribution >= 4 is 31.9 Å². The fraction of sp³-hybridized carbons (Fsp3) is 0.188. The summed E-state index contributed by atoms with van der Waals surface area (Å²) in [7, 11) is -2.81. The maximum Gasteiger partial charge on any atom is 0.328 e. The van der Waals surface area contributed by atoms with Gasteiger partial charge in [-0.25, -0.2) is 17.6 Å². The fourth-order valence-corrected chi connectivity index (χ4v) is 3.73. The average Bonchev–Trinajstić information content (AvgIpc) is 2.55. The van der Waals surface area contributed by atoms with Crippen LogP contribution in [0.4, 0.5) is 4.39 Å². The van der Waals surface area contributed by atoms with E-state index in [9.17, 15) is 17.6 Å². The van der Waals surface area contributed by atoms with E-state index in [4.69, 9.17) is 0 Å². The Labute approximate surface area is 148 Å². The van der Waals surface area contributed by atoms with E-state index in [1.54, 1.807) is 36.4 Å². The lowest BCUT2D eigenvalue weighted by Gasteiger charge is -2.17. The molecule has 0 spiro atoms. The van der Waals surface area contributed by atoms with Crippen LogP contribution in [0.15, 0.2) is 53.0 Å². The minimum atomic E-state index is -3.98. The van der Waals surface area contributed by atoms with Crippen molar-refractivity contribution in [3.05, 3.63) is 69.9 Å². The Morgan fingerprint density at radius 2 is 1.92 bits per heavy atom. The van der Waals surface area contributed by atoms with E-state index >= 15 is 0 Å². The van der Waals surface area contributed by atoms with Crippen molar-refractivity contribution in [2.45, 2.75) is 11.8 Å². The van der Waals surface area contributed by atoms with E-state index in [1.165, 1.54) is 19.2 Å². The van der Waals surface area contributed by atoms with Crippen molar-refractivity contribution in [3.8, 4) is 0 Å². The number of carbonyl (C=O) groups is 1. The molecule has 1 unspecified atom stereocenters. The van der Waals surface area contributed by atoms with Gasteiger partial charge in [0.05, 0.1) is 12.9 Å². The number of esters is 1. The highest BCUT2D eigenvalue weighted by Crippen LogP contribution is 2.20. The first-order chi connectivity index (χ1) is 11.3. The minimum Gasteiger partial charge on any atom is -0.468 e. The summed E-state index contributed by atoms with van der Waals surface area (Å²) in [5.41, 5.74) is 0.437. The summed E-state index contributed by atoms with van der Waals surface area (Å²) < 4.78 is 46.0. The van der Waals surface area contributed by atoms with Gasteiger partial charge in [0.2, 0.25) is 10.0 Å². The molecule has 0 bridgehead atoms. The largest absolute Gasteiger partial charge is 0.468 e. The molecule has 5 nitrogen and oxygen atoms in total. The van der Waals surface area contributed by atoms with Gasteiger partial charge in [-0.1, -0.05) is 52.3 Å². The molecule has 8 heteroatoms. The van der Waals surface area contributed by atoms with Crippen molar-refractivity contribution in [1.82, 2.24) is 4.72 Å². The maximum absolute atomic E-state index is 13.9. The molecule has 2 aromatic carbocycles. The first-order valence-corrected chi connectivity index (χ1v) is 9.33. The quantitative estimate of drug-likeness (QED) is 0.736. The SMILES string of the molecule is COC(=O)C(NS(=O)(=O)Cc1ccc(Br)cc1F)c1ccccc1. The fourth-order valence-electron chi connectivity index (χ4n) is 2.08. The normalized spacial score (nSPS) is 12.6. The number of halogens is 2. The van der Waals surface area contributed by atoms with Gasteiger partial charge < -0.3 is 4.74 Å². The van der Waals surface area contributed by atoms with Gasteiger partial charge in [0.1, 0.15) is 11.9 Å². The number of sulfonamides is 1. The number of rotatable bonds is 6. The van der Waals surface area contributed by atoms with Crippen molar-refractivity contribution in [2.75, 3.05) is 7.11 Å². The molecule has 2 rings (SSSR count). The Hall–Kier alpha value is -1.77. The van der Waals surface area contributed by atoms with Gasteiger partial charge in [0.25, 0.3) is 0 Å². The van der Waals surface area contributed by atoms with Crippen LogP contribution in [-0.4, -0.2) is 21.5 Å². The number of hydrogen-bond acceptors (Lipinski definition) is 4. The summed E-state index contributed by atoms with van der Waals surface area (Å²) in [6.45, 7) is 0. The van der Waals surface area contributed by atoms with Gasteiger partial charge in [0, 0.05) is 10.0 Å². The van der Waals surface area contributed by atoms with E-state index < -0.39 is 33.6 Å². The van der Waals surface area contributed by atoms with Crippen molar-refractivity contribution < 1.29 is 22.3 Å². The van der Waals surface area contributed by atoms with Crippen LogP contribution in [0.5, 0.6) is 0 Å². The second kappa shape index (κ2) is 7.87. The lowest BCUT2D eigenvalue weighted by Crippen LogP contribution is -2.35. The Morgan fingerprint density at radius 3 is 2.50 bits per heavy atom. The Bertz CT molecular complexity index is 827. The molecular formula is C16H15BrFNO4S. The molecular weight excluding hydrogens is 401 g/mol. The minimum absolute atomic E-state index is 0.00220. The number of methoxy groups -OCH3 is 1. The molecule has 0 heterocycles. The van der Waals surface area contributed by atoms with Crippen molar-refractivity contribution in [3.63, 3.8) is 0 Å². The van der Waals surface area contributed by atoms with E-state index in [0.29, 0.717) is 10.0 Å². The van der Waals surface area contributed by atoms with Crippen LogP contribution in [-0.2, 0) is 25.3 Å². The first-order valence-electron chi connectivity index (χ1n) is 6.89. The summed E-state index contributed by atoms with van der Waals surface area (Å²) in [6.07, 6.45) is 0. The lowest BCUT2D eigenvalue weighted by molar-refractivity contribution is -0.142. The van der Waals surface area contributed by atoms with E-state index in [1.807, 2.05) is 0 Å². The van der Waals surface area contributed by atoms with Gasteiger partial charge >= 0.3 is 5.97 Å². The van der Waals surface area contributed by atoms with E-state index in [2.05, 4.69) is 25.4 Å². The highest BCUT2D eigenvalue weighted by molar-refractivity contribution is 9.10. The number of carbonyl (C=O) groups excluding carboxylic acids is 1. The molecule has 0 radical (unpaired) electrons.